The van der Waals surface area contributed by atoms with Crippen molar-refractivity contribution in [1.29, 1.82) is 0 Å². The third kappa shape index (κ3) is 5.49. The third-order valence-electron chi connectivity index (χ3n) is 2.22. The molecule has 0 spiro atoms. The molecular formula is C12H23N5. The zero-order valence-corrected chi connectivity index (χ0v) is 11.2. The largest absolute Gasteiger partial charge is 0.369 e. The molecule has 1 atom stereocenters. The van der Waals surface area contributed by atoms with E-state index in [1.165, 1.54) is 0 Å². The summed E-state index contributed by atoms with van der Waals surface area (Å²) in [6, 6.07) is 0.348. The van der Waals surface area contributed by atoms with Crippen LogP contribution in [0.15, 0.2) is 12.4 Å². The molecule has 96 valence electrons. The Morgan fingerprint density at radius 1 is 1.29 bits per heavy atom. The van der Waals surface area contributed by atoms with Gasteiger partial charge < -0.3 is 15.5 Å². The molecule has 1 rings (SSSR count). The number of aromatic nitrogens is 2. The van der Waals surface area contributed by atoms with Crippen molar-refractivity contribution in [1.82, 2.24) is 14.9 Å². The fourth-order valence-corrected chi connectivity index (χ4v) is 1.62. The van der Waals surface area contributed by atoms with E-state index in [2.05, 4.69) is 53.4 Å². The lowest BCUT2D eigenvalue weighted by Crippen LogP contribution is -2.30. The van der Waals surface area contributed by atoms with Crippen molar-refractivity contribution < 1.29 is 0 Å². The Hall–Kier alpha value is -1.36. The first-order chi connectivity index (χ1) is 8.11. The van der Waals surface area contributed by atoms with E-state index in [0.29, 0.717) is 6.04 Å². The number of rotatable bonds is 7. The number of likely N-dealkylation sites (N-methyl/N-ethyl adjacent to an activating group) is 1. The maximum absolute atomic E-state index is 4.45. The molecule has 0 saturated heterocycles. The lowest BCUT2D eigenvalue weighted by molar-refractivity contribution is 0.392. The third-order valence-corrected chi connectivity index (χ3v) is 2.22. The van der Waals surface area contributed by atoms with Crippen molar-refractivity contribution in [2.75, 3.05) is 37.8 Å². The number of hydrogen-bond acceptors (Lipinski definition) is 5. The van der Waals surface area contributed by atoms with Crippen LogP contribution in [-0.2, 0) is 0 Å². The molecule has 0 bridgehead atoms. The highest BCUT2D eigenvalue weighted by Crippen LogP contribution is 2.08. The highest BCUT2D eigenvalue weighted by Gasteiger charge is 2.05. The normalized spacial score (nSPS) is 12.5. The second-order valence-electron chi connectivity index (χ2n) is 4.52. The lowest BCUT2D eigenvalue weighted by atomic mass is 10.3. The monoisotopic (exact) mass is 237 g/mol. The van der Waals surface area contributed by atoms with Gasteiger partial charge in [-0.2, -0.15) is 0 Å². The zero-order chi connectivity index (χ0) is 12.7. The quantitative estimate of drug-likeness (QED) is 0.755. The van der Waals surface area contributed by atoms with Gasteiger partial charge in [-0.3, -0.25) is 4.98 Å². The average molecular weight is 237 g/mol. The summed E-state index contributed by atoms with van der Waals surface area (Å²) < 4.78 is 0. The summed E-state index contributed by atoms with van der Waals surface area (Å²) >= 11 is 0. The zero-order valence-electron chi connectivity index (χ0n) is 11.2. The van der Waals surface area contributed by atoms with Crippen LogP contribution in [0, 0.1) is 0 Å². The van der Waals surface area contributed by atoms with Gasteiger partial charge in [-0.1, -0.05) is 6.92 Å². The Balaban J connectivity index is 2.52. The summed E-state index contributed by atoms with van der Waals surface area (Å²) in [6.07, 6.45) is 4.58. The first kappa shape index (κ1) is 13.7. The smallest absolute Gasteiger partial charge is 0.147 e. The van der Waals surface area contributed by atoms with Gasteiger partial charge in [0.05, 0.1) is 12.4 Å². The molecule has 1 unspecified atom stereocenters. The Morgan fingerprint density at radius 2 is 2.00 bits per heavy atom. The van der Waals surface area contributed by atoms with E-state index in [4.69, 9.17) is 0 Å². The Labute approximate surface area is 104 Å². The molecule has 5 heteroatoms. The molecule has 0 fully saturated rings. The highest BCUT2D eigenvalue weighted by atomic mass is 15.1. The second-order valence-corrected chi connectivity index (χ2v) is 4.52. The van der Waals surface area contributed by atoms with Gasteiger partial charge in [0, 0.05) is 19.1 Å². The molecule has 0 amide bonds. The summed E-state index contributed by atoms with van der Waals surface area (Å²) in [5.74, 6) is 1.65. The van der Waals surface area contributed by atoms with Gasteiger partial charge in [-0.25, -0.2) is 4.98 Å². The highest BCUT2D eigenvalue weighted by molar-refractivity contribution is 5.41. The maximum atomic E-state index is 4.45. The summed E-state index contributed by atoms with van der Waals surface area (Å²) in [5, 5.41) is 6.56. The number of nitrogens with zero attached hydrogens (tertiary/aromatic N) is 3. The number of hydrogen-bond donors (Lipinski definition) is 2. The van der Waals surface area contributed by atoms with Crippen molar-refractivity contribution >= 4 is 11.6 Å². The SMILES string of the molecule is CCCNc1cncc(NC(C)CN(C)C)n1. The minimum absolute atomic E-state index is 0.348. The van der Waals surface area contributed by atoms with Gasteiger partial charge in [0.2, 0.25) is 0 Å². The van der Waals surface area contributed by atoms with Crippen LogP contribution in [0.2, 0.25) is 0 Å². The number of anilines is 2. The molecule has 0 aromatic carbocycles. The van der Waals surface area contributed by atoms with Crippen LogP contribution in [0.4, 0.5) is 11.6 Å². The Morgan fingerprint density at radius 3 is 2.65 bits per heavy atom. The molecule has 0 saturated carbocycles. The fourth-order valence-electron chi connectivity index (χ4n) is 1.62. The molecule has 2 N–H and O–H groups in total. The van der Waals surface area contributed by atoms with Crippen molar-refractivity contribution in [3.8, 4) is 0 Å². The maximum Gasteiger partial charge on any atom is 0.147 e. The van der Waals surface area contributed by atoms with Crippen LogP contribution in [0.5, 0.6) is 0 Å². The van der Waals surface area contributed by atoms with Gasteiger partial charge in [-0.05, 0) is 27.4 Å². The first-order valence-corrected chi connectivity index (χ1v) is 6.09. The van der Waals surface area contributed by atoms with E-state index in [9.17, 15) is 0 Å². The Bertz CT molecular complexity index is 326. The topological polar surface area (TPSA) is 53.1 Å². The van der Waals surface area contributed by atoms with Crippen LogP contribution in [-0.4, -0.2) is 48.1 Å². The van der Waals surface area contributed by atoms with E-state index < -0.39 is 0 Å². The van der Waals surface area contributed by atoms with Crippen LogP contribution < -0.4 is 10.6 Å². The van der Waals surface area contributed by atoms with Gasteiger partial charge in [0.15, 0.2) is 0 Å². The molecule has 0 aliphatic carbocycles. The van der Waals surface area contributed by atoms with Crippen LogP contribution in [0.3, 0.4) is 0 Å². The summed E-state index contributed by atoms with van der Waals surface area (Å²) in [7, 11) is 4.12. The molecule has 17 heavy (non-hydrogen) atoms. The van der Waals surface area contributed by atoms with Crippen molar-refractivity contribution in [2.45, 2.75) is 26.3 Å². The second kappa shape index (κ2) is 7.06. The minimum Gasteiger partial charge on any atom is -0.369 e. The minimum atomic E-state index is 0.348. The van der Waals surface area contributed by atoms with E-state index >= 15 is 0 Å². The standard InChI is InChI=1S/C12H23N5/c1-5-6-14-11-7-13-8-12(16-11)15-10(2)9-17(3)4/h7-8,10H,5-6,9H2,1-4H3,(H2,14,15,16). The summed E-state index contributed by atoms with van der Waals surface area (Å²) in [6.45, 7) is 6.15. The molecule has 1 aromatic rings. The molecule has 1 heterocycles. The average Bonchev–Trinajstić information content (AvgIpc) is 2.25. The summed E-state index contributed by atoms with van der Waals surface area (Å²) in [5.41, 5.74) is 0. The first-order valence-electron chi connectivity index (χ1n) is 6.09. The molecule has 0 aliphatic heterocycles. The van der Waals surface area contributed by atoms with Crippen LogP contribution in [0.25, 0.3) is 0 Å². The molecule has 1 aromatic heterocycles. The van der Waals surface area contributed by atoms with E-state index in [1.54, 1.807) is 12.4 Å². The predicted molar refractivity (Wildman–Crippen MR) is 72.5 cm³/mol. The van der Waals surface area contributed by atoms with Gasteiger partial charge in [0.1, 0.15) is 11.6 Å². The number of nitrogens with one attached hydrogen (secondary N) is 2. The lowest BCUT2D eigenvalue weighted by Gasteiger charge is -2.18. The van der Waals surface area contributed by atoms with Crippen LogP contribution >= 0.6 is 0 Å². The van der Waals surface area contributed by atoms with E-state index in [1.807, 2.05) is 0 Å². The summed E-state index contributed by atoms with van der Waals surface area (Å²) in [4.78, 5) is 10.8. The van der Waals surface area contributed by atoms with Crippen molar-refractivity contribution in [3.05, 3.63) is 12.4 Å². The molecule has 0 radical (unpaired) electrons. The van der Waals surface area contributed by atoms with Crippen LogP contribution in [0.1, 0.15) is 20.3 Å². The predicted octanol–water partition coefficient (Wildman–Crippen LogP) is 1.66. The molecule has 0 aliphatic rings. The van der Waals surface area contributed by atoms with Gasteiger partial charge >= 0.3 is 0 Å². The van der Waals surface area contributed by atoms with Crippen molar-refractivity contribution in [3.63, 3.8) is 0 Å². The molecular weight excluding hydrogens is 214 g/mol. The van der Waals surface area contributed by atoms with Crippen molar-refractivity contribution in [2.24, 2.45) is 0 Å². The Kier molecular flexibility index (Phi) is 5.69. The van der Waals surface area contributed by atoms with Gasteiger partial charge in [0.25, 0.3) is 0 Å². The molecule has 5 nitrogen and oxygen atoms in total. The fraction of sp³-hybridized carbons (Fsp3) is 0.667. The van der Waals surface area contributed by atoms with Gasteiger partial charge in [-0.15, -0.1) is 0 Å². The van der Waals surface area contributed by atoms with E-state index in [0.717, 1.165) is 31.1 Å². The van der Waals surface area contributed by atoms with E-state index in [-0.39, 0.29) is 0 Å².